The lowest BCUT2D eigenvalue weighted by Gasteiger charge is -2.06. The average molecular weight is 456 g/mol. The van der Waals surface area contributed by atoms with Crippen LogP contribution in [0.1, 0.15) is 36.8 Å². The zero-order valence-corrected chi connectivity index (χ0v) is 18.1. The highest BCUT2D eigenvalue weighted by molar-refractivity contribution is 7.98. The van der Waals surface area contributed by atoms with Crippen molar-refractivity contribution in [1.29, 1.82) is 0 Å². The fourth-order valence-corrected chi connectivity index (χ4v) is 3.64. The van der Waals surface area contributed by atoms with Crippen molar-refractivity contribution in [3.8, 4) is 22.6 Å². The molecule has 164 valence electrons. The van der Waals surface area contributed by atoms with Gasteiger partial charge in [-0.3, -0.25) is 0 Å². The summed E-state index contributed by atoms with van der Waals surface area (Å²) >= 11 is 1.35. The van der Waals surface area contributed by atoms with E-state index in [4.69, 9.17) is 4.52 Å². The van der Waals surface area contributed by atoms with E-state index in [1.54, 1.807) is 0 Å². The molecule has 0 saturated heterocycles. The van der Waals surface area contributed by atoms with Crippen molar-refractivity contribution < 1.29 is 17.7 Å². The third-order valence-corrected chi connectivity index (χ3v) is 5.68. The Hall–Kier alpha value is -3.20. The first-order chi connectivity index (χ1) is 15.3. The molecule has 4 aromatic rings. The summed E-state index contributed by atoms with van der Waals surface area (Å²) in [6, 6.07) is 16.8. The third-order valence-electron chi connectivity index (χ3n) is 4.77. The zero-order valence-electron chi connectivity index (χ0n) is 17.3. The minimum atomic E-state index is -4.43. The van der Waals surface area contributed by atoms with Gasteiger partial charge in [-0.15, -0.1) is 10.2 Å². The molecule has 2 aromatic heterocycles. The van der Waals surface area contributed by atoms with Gasteiger partial charge in [0, 0.05) is 11.1 Å². The Balaban J connectivity index is 1.40. The quantitative estimate of drug-likeness (QED) is 0.304. The zero-order chi connectivity index (χ0) is 22.7. The molecular formula is C23H19F3N4OS. The molecule has 0 amide bonds. The third kappa shape index (κ3) is 5.16. The highest BCUT2D eigenvalue weighted by Gasteiger charge is 2.30. The van der Waals surface area contributed by atoms with E-state index in [2.05, 4.69) is 46.3 Å². The van der Waals surface area contributed by atoms with Gasteiger partial charge in [0.2, 0.25) is 11.7 Å². The van der Waals surface area contributed by atoms with Crippen LogP contribution in [0, 0.1) is 0 Å². The molecule has 32 heavy (non-hydrogen) atoms. The molecule has 0 unspecified atom stereocenters. The minimum Gasteiger partial charge on any atom is -0.338 e. The average Bonchev–Trinajstić information content (AvgIpc) is 3.27. The summed E-state index contributed by atoms with van der Waals surface area (Å²) < 4.78 is 43.9. The van der Waals surface area contributed by atoms with E-state index in [1.807, 2.05) is 24.3 Å². The molecule has 0 N–H and O–H groups in total. The molecule has 0 radical (unpaired) electrons. The van der Waals surface area contributed by atoms with E-state index in [0.29, 0.717) is 16.7 Å². The maximum Gasteiger partial charge on any atom is 0.416 e. The van der Waals surface area contributed by atoms with E-state index in [-0.39, 0.29) is 17.3 Å². The van der Waals surface area contributed by atoms with Crippen LogP contribution < -0.4 is 0 Å². The van der Waals surface area contributed by atoms with Crippen LogP contribution in [0.15, 0.2) is 70.2 Å². The standard InChI is InChI=1S/C23H19F3N4OS/c1-14(2)15-6-8-16(9-7-15)19-10-11-21(29-28-19)32-13-20-27-22(30-31-20)17-4-3-5-18(12-17)23(24,25)26/h3-12,14H,13H2,1-2H3. The molecule has 5 nitrogen and oxygen atoms in total. The maximum absolute atomic E-state index is 12.9. The molecule has 0 bridgehead atoms. The molecule has 2 heterocycles. The smallest absolute Gasteiger partial charge is 0.338 e. The lowest BCUT2D eigenvalue weighted by Crippen LogP contribution is -2.04. The summed E-state index contributed by atoms with van der Waals surface area (Å²) in [4.78, 5) is 4.19. The number of hydrogen-bond acceptors (Lipinski definition) is 6. The van der Waals surface area contributed by atoms with Crippen LogP contribution in [0.5, 0.6) is 0 Å². The molecule has 0 atom stereocenters. The fourth-order valence-electron chi connectivity index (χ4n) is 2.99. The Bertz CT molecular complexity index is 1190. The Kier molecular flexibility index (Phi) is 6.27. The largest absolute Gasteiger partial charge is 0.416 e. The van der Waals surface area contributed by atoms with Gasteiger partial charge in [0.05, 0.1) is 17.0 Å². The van der Waals surface area contributed by atoms with Crippen LogP contribution in [0.2, 0.25) is 0 Å². The predicted octanol–water partition coefficient (Wildman–Crippen LogP) is 6.63. The van der Waals surface area contributed by atoms with Crippen molar-refractivity contribution in [1.82, 2.24) is 20.3 Å². The van der Waals surface area contributed by atoms with Crippen LogP contribution in [-0.2, 0) is 11.9 Å². The Morgan fingerprint density at radius 1 is 0.938 bits per heavy atom. The molecule has 0 fully saturated rings. The van der Waals surface area contributed by atoms with Gasteiger partial charge < -0.3 is 4.52 Å². The molecule has 2 aromatic carbocycles. The lowest BCUT2D eigenvalue weighted by atomic mass is 10.0. The molecular weight excluding hydrogens is 437 g/mol. The van der Waals surface area contributed by atoms with E-state index < -0.39 is 11.7 Å². The summed E-state index contributed by atoms with van der Waals surface area (Å²) in [6.45, 7) is 4.29. The minimum absolute atomic E-state index is 0.109. The van der Waals surface area contributed by atoms with Gasteiger partial charge in [-0.05, 0) is 35.7 Å². The van der Waals surface area contributed by atoms with E-state index in [9.17, 15) is 13.2 Å². The number of thioether (sulfide) groups is 1. The van der Waals surface area contributed by atoms with Gasteiger partial charge in [0.25, 0.3) is 0 Å². The van der Waals surface area contributed by atoms with Crippen LogP contribution in [0.4, 0.5) is 13.2 Å². The fraction of sp³-hybridized carbons (Fsp3) is 0.217. The molecule has 0 aliphatic heterocycles. The number of hydrogen-bond donors (Lipinski definition) is 0. The normalized spacial score (nSPS) is 11.8. The number of benzene rings is 2. The summed E-state index contributed by atoms with van der Waals surface area (Å²) in [5.41, 5.74) is 2.51. The Morgan fingerprint density at radius 2 is 1.72 bits per heavy atom. The van der Waals surface area contributed by atoms with Gasteiger partial charge in [0.15, 0.2) is 0 Å². The number of aromatic nitrogens is 4. The van der Waals surface area contributed by atoms with E-state index in [0.717, 1.165) is 23.4 Å². The molecule has 9 heteroatoms. The highest BCUT2D eigenvalue weighted by Crippen LogP contribution is 2.32. The first-order valence-electron chi connectivity index (χ1n) is 9.86. The summed E-state index contributed by atoms with van der Waals surface area (Å²) in [5.74, 6) is 1.19. The second-order valence-corrected chi connectivity index (χ2v) is 8.41. The highest BCUT2D eigenvalue weighted by atomic mass is 32.2. The van der Waals surface area contributed by atoms with Gasteiger partial charge in [-0.25, -0.2) is 0 Å². The van der Waals surface area contributed by atoms with Gasteiger partial charge in [-0.1, -0.05) is 67.2 Å². The van der Waals surface area contributed by atoms with Crippen LogP contribution in [-0.4, -0.2) is 20.3 Å². The first kappa shape index (κ1) is 22.0. The molecule has 4 rings (SSSR count). The number of halogens is 3. The molecule has 0 spiro atoms. The van der Waals surface area contributed by atoms with Gasteiger partial charge >= 0.3 is 6.18 Å². The number of nitrogens with zero attached hydrogens (tertiary/aromatic N) is 4. The van der Waals surface area contributed by atoms with E-state index in [1.165, 1.54) is 29.5 Å². The number of alkyl halides is 3. The summed E-state index contributed by atoms with van der Waals surface area (Å²) in [6.07, 6.45) is -4.43. The van der Waals surface area contributed by atoms with E-state index >= 15 is 0 Å². The van der Waals surface area contributed by atoms with Crippen molar-refractivity contribution in [2.24, 2.45) is 0 Å². The first-order valence-corrected chi connectivity index (χ1v) is 10.9. The van der Waals surface area contributed by atoms with Crippen molar-refractivity contribution in [3.05, 3.63) is 77.7 Å². The second-order valence-electron chi connectivity index (χ2n) is 7.41. The maximum atomic E-state index is 12.9. The Labute approximate surface area is 187 Å². The monoisotopic (exact) mass is 456 g/mol. The van der Waals surface area contributed by atoms with Crippen LogP contribution in [0.3, 0.4) is 0 Å². The molecule has 0 saturated carbocycles. The predicted molar refractivity (Wildman–Crippen MR) is 116 cm³/mol. The Morgan fingerprint density at radius 3 is 2.38 bits per heavy atom. The summed E-state index contributed by atoms with van der Waals surface area (Å²) in [5, 5.41) is 13.0. The van der Waals surface area contributed by atoms with Crippen molar-refractivity contribution >= 4 is 11.8 Å². The summed E-state index contributed by atoms with van der Waals surface area (Å²) in [7, 11) is 0. The molecule has 0 aliphatic rings. The number of rotatable bonds is 6. The van der Waals surface area contributed by atoms with Crippen molar-refractivity contribution in [2.45, 2.75) is 36.7 Å². The van der Waals surface area contributed by atoms with Crippen LogP contribution >= 0.6 is 11.8 Å². The topological polar surface area (TPSA) is 64.7 Å². The molecule has 0 aliphatic carbocycles. The van der Waals surface area contributed by atoms with Gasteiger partial charge in [-0.2, -0.15) is 18.2 Å². The van der Waals surface area contributed by atoms with Gasteiger partial charge in [0.1, 0.15) is 5.03 Å². The lowest BCUT2D eigenvalue weighted by molar-refractivity contribution is -0.137. The SMILES string of the molecule is CC(C)c1ccc(-c2ccc(SCc3nc(-c4cccc(C(F)(F)F)c4)no3)nn2)cc1. The van der Waals surface area contributed by atoms with Crippen molar-refractivity contribution in [2.75, 3.05) is 0 Å². The second kappa shape index (κ2) is 9.12. The van der Waals surface area contributed by atoms with Crippen molar-refractivity contribution in [3.63, 3.8) is 0 Å². The van der Waals surface area contributed by atoms with Crippen LogP contribution in [0.25, 0.3) is 22.6 Å².